The first-order valence-electron chi connectivity index (χ1n) is 7.41. The fourth-order valence-corrected chi connectivity index (χ4v) is 3.71. The average Bonchev–Trinajstić information content (AvgIpc) is 3.04. The Morgan fingerprint density at radius 2 is 1.94 bits per heavy atom. The molecular weight excluding hydrogens is 222 g/mol. The van der Waals surface area contributed by atoms with Crippen LogP contribution in [-0.4, -0.2) is 35.6 Å². The second-order valence-corrected chi connectivity index (χ2v) is 5.89. The van der Waals surface area contributed by atoms with Crippen LogP contribution in [0, 0.1) is 5.92 Å². The molecule has 0 spiro atoms. The van der Waals surface area contributed by atoms with Gasteiger partial charge in [-0.1, -0.05) is 12.8 Å². The lowest BCUT2D eigenvalue weighted by Gasteiger charge is -2.38. The largest absolute Gasteiger partial charge is 0.357 e. The molecule has 0 radical (unpaired) electrons. The molecular formula is C15H25N3. The minimum Gasteiger partial charge on any atom is -0.357 e. The summed E-state index contributed by atoms with van der Waals surface area (Å²) < 4.78 is 2.19. The molecule has 2 aliphatic rings. The van der Waals surface area contributed by atoms with E-state index in [1.165, 1.54) is 44.3 Å². The van der Waals surface area contributed by atoms with Crippen LogP contribution in [0.1, 0.15) is 37.3 Å². The monoisotopic (exact) mass is 247 g/mol. The van der Waals surface area contributed by atoms with Gasteiger partial charge in [0.1, 0.15) is 0 Å². The summed E-state index contributed by atoms with van der Waals surface area (Å²) >= 11 is 0. The normalized spacial score (nSPS) is 24.5. The van der Waals surface area contributed by atoms with Gasteiger partial charge in [0.2, 0.25) is 0 Å². The summed E-state index contributed by atoms with van der Waals surface area (Å²) in [6.07, 6.45) is 10.2. The number of nitrogens with one attached hydrogen (secondary N) is 1. The van der Waals surface area contributed by atoms with Crippen LogP contribution in [0.2, 0.25) is 0 Å². The molecule has 1 aliphatic heterocycles. The van der Waals surface area contributed by atoms with Crippen molar-refractivity contribution in [1.82, 2.24) is 14.8 Å². The highest BCUT2D eigenvalue weighted by molar-refractivity contribution is 5.17. The Morgan fingerprint density at radius 1 is 1.22 bits per heavy atom. The standard InChI is InChI=1S/C15H25N3/c1-17-9-6-14(12-17)15(13-4-2-3-5-13)18-10-7-16-8-11-18/h6,9,12-13,15-16H,2-5,7-8,10-11H2,1H3. The van der Waals surface area contributed by atoms with Crippen LogP contribution >= 0.6 is 0 Å². The van der Waals surface area contributed by atoms with Gasteiger partial charge in [-0.15, -0.1) is 0 Å². The number of aryl methyl sites for hydroxylation is 1. The molecule has 1 saturated carbocycles. The summed E-state index contributed by atoms with van der Waals surface area (Å²) in [5.74, 6) is 0.880. The smallest absolute Gasteiger partial charge is 0.0392 e. The van der Waals surface area contributed by atoms with Crippen molar-refractivity contribution in [3.05, 3.63) is 24.0 Å². The van der Waals surface area contributed by atoms with Gasteiger partial charge in [0.25, 0.3) is 0 Å². The van der Waals surface area contributed by atoms with Crippen molar-refractivity contribution >= 4 is 0 Å². The van der Waals surface area contributed by atoms with E-state index in [-0.39, 0.29) is 0 Å². The minimum atomic E-state index is 0.663. The van der Waals surface area contributed by atoms with Gasteiger partial charge in [-0.25, -0.2) is 0 Å². The van der Waals surface area contributed by atoms with E-state index < -0.39 is 0 Å². The predicted octanol–water partition coefficient (Wildman–Crippen LogP) is 2.16. The number of nitrogens with zero attached hydrogens (tertiary/aromatic N) is 2. The number of aromatic nitrogens is 1. The molecule has 1 aromatic rings. The molecule has 1 saturated heterocycles. The van der Waals surface area contributed by atoms with Crippen LogP contribution < -0.4 is 5.32 Å². The molecule has 1 aliphatic carbocycles. The van der Waals surface area contributed by atoms with E-state index in [0.717, 1.165) is 19.0 Å². The Kier molecular flexibility index (Phi) is 3.71. The van der Waals surface area contributed by atoms with Crippen LogP contribution in [0.25, 0.3) is 0 Å². The molecule has 1 unspecified atom stereocenters. The first kappa shape index (κ1) is 12.2. The van der Waals surface area contributed by atoms with Crippen LogP contribution in [0.3, 0.4) is 0 Å². The zero-order valence-corrected chi connectivity index (χ0v) is 11.4. The first-order valence-corrected chi connectivity index (χ1v) is 7.41. The lowest BCUT2D eigenvalue weighted by Crippen LogP contribution is -2.46. The van der Waals surface area contributed by atoms with Gasteiger partial charge in [-0.3, -0.25) is 4.90 Å². The maximum atomic E-state index is 3.47. The highest BCUT2D eigenvalue weighted by Crippen LogP contribution is 2.39. The van der Waals surface area contributed by atoms with Crippen LogP contribution in [0.15, 0.2) is 18.5 Å². The third kappa shape index (κ3) is 2.47. The molecule has 3 rings (SSSR count). The molecule has 18 heavy (non-hydrogen) atoms. The molecule has 1 aromatic heterocycles. The lowest BCUT2D eigenvalue weighted by atomic mass is 9.91. The Morgan fingerprint density at radius 3 is 2.56 bits per heavy atom. The molecule has 1 atom stereocenters. The lowest BCUT2D eigenvalue weighted by molar-refractivity contribution is 0.125. The zero-order chi connectivity index (χ0) is 12.4. The average molecular weight is 247 g/mol. The predicted molar refractivity (Wildman–Crippen MR) is 74.6 cm³/mol. The molecule has 2 heterocycles. The maximum Gasteiger partial charge on any atom is 0.0392 e. The number of piperazine rings is 1. The van der Waals surface area contributed by atoms with Crippen molar-refractivity contribution in [2.24, 2.45) is 13.0 Å². The van der Waals surface area contributed by atoms with Crippen LogP contribution in [-0.2, 0) is 7.05 Å². The van der Waals surface area contributed by atoms with Crippen LogP contribution in [0.4, 0.5) is 0 Å². The number of hydrogen-bond donors (Lipinski definition) is 1. The van der Waals surface area contributed by atoms with Crippen molar-refractivity contribution in [2.75, 3.05) is 26.2 Å². The summed E-state index contributed by atoms with van der Waals surface area (Å²) in [6, 6.07) is 2.99. The van der Waals surface area contributed by atoms with E-state index in [9.17, 15) is 0 Å². The second-order valence-electron chi connectivity index (χ2n) is 5.89. The molecule has 3 nitrogen and oxygen atoms in total. The van der Waals surface area contributed by atoms with Crippen molar-refractivity contribution < 1.29 is 0 Å². The van der Waals surface area contributed by atoms with E-state index >= 15 is 0 Å². The Balaban J connectivity index is 1.82. The van der Waals surface area contributed by atoms with Gasteiger partial charge in [-0.05, 0) is 30.4 Å². The van der Waals surface area contributed by atoms with Gasteiger partial charge in [0, 0.05) is 51.7 Å². The van der Waals surface area contributed by atoms with E-state index in [4.69, 9.17) is 0 Å². The molecule has 0 bridgehead atoms. The van der Waals surface area contributed by atoms with Crippen molar-refractivity contribution in [3.8, 4) is 0 Å². The molecule has 0 aromatic carbocycles. The first-order chi connectivity index (χ1) is 8.84. The molecule has 100 valence electrons. The summed E-state index contributed by atoms with van der Waals surface area (Å²) in [4.78, 5) is 2.71. The SMILES string of the molecule is Cn1ccc(C(C2CCCC2)N2CCNCC2)c1. The van der Waals surface area contributed by atoms with Gasteiger partial charge in [0.15, 0.2) is 0 Å². The van der Waals surface area contributed by atoms with Crippen LogP contribution in [0.5, 0.6) is 0 Å². The Labute approximate surface area is 110 Å². The van der Waals surface area contributed by atoms with Gasteiger partial charge < -0.3 is 9.88 Å². The minimum absolute atomic E-state index is 0.663. The van der Waals surface area contributed by atoms with Gasteiger partial charge >= 0.3 is 0 Å². The fourth-order valence-electron chi connectivity index (χ4n) is 3.71. The molecule has 1 N–H and O–H groups in total. The second kappa shape index (κ2) is 5.45. The van der Waals surface area contributed by atoms with E-state index in [0.29, 0.717) is 6.04 Å². The summed E-state index contributed by atoms with van der Waals surface area (Å²) in [5.41, 5.74) is 1.53. The summed E-state index contributed by atoms with van der Waals surface area (Å²) in [6.45, 7) is 4.71. The molecule has 0 amide bonds. The Hall–Kier alpha value is -0.800. The summed E-state index contributed by atoms with van der Waals surface area (Å²) in [7, 11) is 2.13. The van der Waals surface area contributed by atoms with Gasteiger partial charge in [0.05, 0.1) is 0 Å². The van der Waals surface area contributed by atoms with Crippen molar-refractivity contribution in [1.29, 1.82) is 0 Å². The quantitative estimate of drug-likeness (QED) is 0.883. The molecule has 3 heteroatoms. The maximum absolute atomic E-state index is 3.47. The highest BCUT2D eigenvalue weighted by Gasteiger charge is 2.32. The fraction of sp³-hybridized carbons (Fsp3) is 0.733. The Bertz CT molecular complexity index is 373. The topological polar surface area (TPSA) is 20.2 Å². The number of rotatable bonds is 3. The molecule has 2 fully saturated rings. The third-order valence-electron chi connectivity index (χ3n) is 4.59. The van der Waals surface area contributed by atoms with E-state index in [1.807, 2.05) is 0 Å². The van der Waals surface area contributed by atoms with Gasteiger partial charge in [-0.2, -0.15) is 0 Å². The number of hydrogen-bond acceptors (Lipinski definition) is 2. The van der Waals surface area contributed by atoms with E-state index in [1.54, 1.807) is 0 Å². The third-order valence-corrected chi connectivity index (χ3v) is 4.59. The van der Waals surface area contributed by atoms with E-state index in [2.05, 4.69) is 40.3 Å². The van der Waals surface area contributed by atoms with Crippen molar-refractivity contribution in [3.63, 3.8) is 0 Å². The zero-order valence-electron chi connectivity index (χ0n) is 11.4. The highest BCUT2D eigenvalue weighted by atomic mass is 15.2. The van der Waals surface area contributed by atoms with Crippen molar-refractivity contribution in [2.45, 2.75) is 31.7 Å². The summed E-state index contributed by atoms with van der Waals surface area (Å²) in [5, 5.41) is 3.47.